The van der Waals surface area contributed by atoms with Crippen molar-refractivity contribution in [2.45, 2.75) is 38.6 Å². The van der Waals surface area contributed by atoms with Crippen LogP contribution in [-0.2, 0) is 6.54 Å². The Kier molecular flexibility index (Phi) is 2.36. The first kappa shape index (κ1) is 8.75. The van der Waals surface area contributed by atoms with Crippen molar-refractivity contribution in [2.24, 2.45) is 5.73 Å². The second-order valence-corrected chi connectivity index (χ2v) is 3.83. The molecule has 0 radical (unpaired) electrons. The Bertz CT molecular complexity index is 290. The van der Waals surface area contributed by atoms with Gasteiger partial charge in [-0.25, -0.2) is 4.98 Å². The first-order chi connectivity index (χ1) is 6.33. The zero-order valence-corrected chi connectivity index (χ0v) is 8.16. The quantitative estimate of drug-likeness (QED) is 0.746. The van der Waals surface area contributed by atoms with Crippen molar-refractivity contribution in [3.05, 3.63) is 17.7 Å². The third-order valence-electron chi connectivity index (χ3n) is 2.92. The van der Waals surface area contributed by atoms with E-state index in [2.05, 4.69) is 16.5 Å². The number of nitrogens with zero attached hydrogens (tertiary/aromatic N) is 2. The van der Waals surface area contributed by atoms with Crippen LogP contribution in [0.25, 0.3) is 0 Å². The van der Waals surface area contributed by atoms with E-state index in [1.807, 2.05) is 6.33 Å². The van der Waals surface area contributed by atoms with Gasteiger partial charge in [0, 0.05) is 18.2 Å². The van der Waals surface area contributed by atoms with Crippen LogP contribution in [0, 0.1) is 6.92 Å². The summed E-state index contributed by atoms with van der Waals surface area (Å²) in [5.41, 5.74) is 8.23. The first-order valence-electron chi connectivity index (χ1n) is 5.04. The Labute approximate surface area is 79.0 Å². The van der Waals surface area contributed by atoms with Crippen LogP contribution in [0.5, 0.6) is 0 Å². The third kappa shape index (κ3) is 1.48. The second kappa shape index (κ2) is 3.50. The van der Waals surface area contributed by atoms with Gasteiger partial charge in [-0.2, -0.15) is 0 Å². The minimum Gasteiger partial charge on any atom is -0.334 e. The Morgan fingerprint density at radius 1 is 1.69 bits per heavy atom. The Hall–Kier alpha value is -0.830. The maximum absolute atomic E-state index is 5.61. The molecule has 1 aliphatic heterocycles. The molecule has 3 nitrogen and oxygen atoms in total. The second-order valence-electron chi connectivity index (χ2n) is 3.83. The van der Waals surface area contributed by atoms with Gasteiger partial charge in [0.1, 0.15) is 0 Å². The zero-order chi connectivity index (χ0) is 9.26. The molecule has 2 rings (SSSR count). The highest BCUT2D eigenvalue weighted by molar-refractivity contribution is 5.18. The summed E-state index contributed by atoms with van der Waals surface area (Å²) in [6.07, 6.45) is 5.62. The average molecular weight is 179 g/mol. The van der Waals surface area contributed by atoms with Gasteiger partial charge >= 0.3 is 0 Å². The summed E-state index contributed by atoms with van der Waals surface area (Å²) in [5.74, 6) is 0.654. The van der Waals surface area contributed by atoms with E-state index in [1.165, 1.54) is 24.2 Å². The highest BCUT2D eigenvalue weighted by Crippen LogP contribution is 2.31. The van der Waals surface area contributed by atoms with E-state index in [0.29, 0.717) is 5.92 Å². The molecule has 1 aliphatic rings. The molecule has 1 unspecified atom stereocenters. The monoisotopic (exact) mass is 179 g/mol. The largest absolute Gasteiger partial charge is 0.334 e. The van der Waals surface area contributed by atoms with Crippen molar-refractivity contribution in [1.82, 2.24) is 9.55 Å². The van der Waals surface area contributed by atoms with E-state index >= 15 is 0 Å². The van der Waals surface area contributed by atoms with E-state index in [1.54, 1.807) is 0 Å². The maximum atomic E-state index is 5.61. The molecule has 72 valence electrons. The molecule has 0 fully saturated rings. The molecule has 3 heteroatoms. The van der Waals surface area contributed by atoms with Crippen LogP contribution < -0.4 is 5.73 Å². The van der Waals surface area contributed by atoms with Gasteiger partial charge < -0.3 is 10.3 Å². The Balaban J connectivity index is 2.29. The minimum absolute atomic E-state index is 0.654. The molecule has 1 aromatic heterocycles. The van der Waals surface area contributed by atoms with Gasteiger partial charge in [0.15, 0.2) is 0 Å². The third-order valence-corrected chi connectivity index (χ3v) is 2.92. The summed E-state index contributed by atoms with van der Waals surface area (Å²) in [7, 11) is 0. The van der Waals surface area contributed by atoms with E-state index in [9.17, 15) is 0 Å². The van der Waals surface area contributed by atoms with Crippen LogP contribution >= 0.6 is 0 Å². The molecular weight excluding hydrogens is 162 g/mol. The molecule has 0 saturated carbocycles. The Morgan fingerprint density at radius 3 is 3.31 bits per heavy atom. The molecule has 0 saturated heterocycles. The number of hydrogen-bond donors (Lipinski definition) is 1. The molecule has 0 aliphatic carbocycles. The minimum atomic E-state index is 0.654. The molecule has 0 aromatic carbocycles. The van der Waals surface area contributed by atoms with Crippen LogP contribution in [0.4, 0.5) is 0 Å². The van der Waals surface area contributed by atoms with Crippen molar-refractivity contribution in [3.63, 3.8) is 0 Å². The van der Waals surface area contributed by atoms with Gasteiger partial charge in [-0.05, 0) is 32.7 Å². The molecular formula is C10H17N3. The van der Waals surface area contributed by atoms with Gasteiger partial charge in [0.25, 0.3) is 0 Å². The van der Waals surface area contributed by atoms with Crippen molar-refractivity contribution in [1.29, 1.82) is 0 Å². The summed E-state index contributed by atoms with van der Waals surface area (Å²) in [4.78, 5) is 4.35. The number of imidazole rings is 1. The predicted octanol–water partition coefficient (Wildman–Crippen LogP) is 1.42. The normalized spacial score (nSPS) is 21.5. The fraction of sp³-hybridized carbons (Fsp3) is 0.700. The van der Waals surface area contributed by atoms with Crippen molar-refractivity contribution in [3.8, 4) is 0 Å². The number of rotatable bonds is 2. The van der Waals surface area contributed by atoms with E-state index < -0.39 is 0 Å². The van der Waals surface area contributed by atoms with Gasteiger partial charge in [-0.1, -0.05) is 0 Å². The van der Waals surface area contributed by atoms with Crippen LogP contribution in [0.3, 0.4) is 0 Å². The number of hydrogen-bond acceptors (Lipinski definition) is 2. The summed E-state index contributed by atoms with van der Waals surface area (Å²) in [6.45, 7) is 4.02. The van der Waals surface area contributed by atoms with Gasteiger partial charge in [-0.15, -0.1) is 0 Å². The van der Waals surface area contributed by atoms with Gasteiger partial charge in [-0.3, -0.25) is 0 Å². The fourth-order valence-electron chi connectivity index (χ4n) is 2.33. The van der Waals surface area contributed by atoms with Crippen LogP contribution in [0.15, 0.2) is 6.33 Å². The first-order valence-corrected chi connectivity index (χ1v) is 5.04. The van der Waals surface area contributed by atoms with E-state index in [0.717, 1.165) is 19.5 Å². The average Bonchev–Trinajstić information content (AvgIpc) is 2.50. The lowest BCUT2D eigenvalue weighted by atomic mass is 9.91. The lowest BCUT2D eigenvalue weighted by Crippen LogP contribution is -2.18. The van der Waals surface area contributed by atoms with Crippen molar-refractivity contribution in [2.75, 3.05) is 6.54 Å². The van der Waals surface area contributed by atoms with Crippen molar-refractivity contribution >= 4 is 0 Å². The number of aromatic nitrogens is 2. The molecule has 0 amide bonds. The van der Waals surface area contributed by atoms with Crippen LogP contribution in [0.1, 0.15) is 36.6 Å². The Morgan fingerprint density at radius 2 is 2.54 bits per heavy atom. The fourth-order valence-corrected chi connectivity index (χ4v) is 2.33. The molecule has 2 N–H and O–H groups in total. The van der Waals surface area contributed by atoms with Crippen molar-refractivity contribution < 1.29 is 0 Å². The van der Waals surface area contributed by atoms with Crippen LogP contribution in [0.2, 0.25) is 0 Å². The van der Waals surface area contributed by atoms with Gasteiger partial charge in [0.2, 0.25) is 0 Å². The number of fused-ring (bicyclic) bond motifs is 1. The highest BCUT2D eigenvalue weighted by Gasteiger charge is 2.21. The van der Waals surface area contributed by atoms with E-state index in [-0.39, 0.29) is 0 Å². The number of aryl methyl sites for hydroxylation is 2. The highest BCUT2D eigenvalue weighted by atomic mass is 15.1. The standard InChI is InChI=1S/C10H17N3/c1-8-10-9(4-5-11)3-2-6-13(10)7-12-8/h7,9H,2-6,11H2,1H3. The molecule has 1 atom stereocenters. The maximum Gasteiger partial charge on any atom is 0.0951 e. The smallest absolute Gasteiger partial charge is 0.0951 e. The predicted molar refractivity (Wildman–Crippen MR) is 52.6 cm³/mol. The molecule has 0 spiro atoms. The lowest BCUT2D eigenvalue weighted by molar-refractivity contribution is 0.437. The lowest BCUT2D eigenvalue weighted by Gasteiger charge is -2.24. The summed E-state index contributed by atoms with van der Waals surface area (Å²) < 4.78 is 2.29. The summed E-state index contributed by atoms with van der Waals surface area (Å²) >= 11 is 0. The van der Waals surface area contributed by atoms with E-state index in [4.69, 9.17) is 5.73 Å². The molecule has 13 heavy (non-hydrogen) atoms. The van der Waals surface area contributed by atoms with Crippen LogP contribution in [-0.4, -0.2) is 16.1 Å². The SMILES string of the molecule is Cc1ncn2c1C(CCN)CCC2. The molecule has 1 aromatic rings. The van der Waals surface area contributed by atoms with Gasteiger partial charge in [0.05, 0.1) is 12.0 Å². The summed E-state index contributed by atoms with van der Waals surface area (Å²) in [5, 5.41) is 0. The topological polar surface area (TPSA) is 43.8 Å². The zero-order valence-electron chi connectivity index (χ0n) is 8.16. The number of nitrogens with two attached hydrogens (primary N) is 1. The molecule has 0 bridgehead atoms. The molecule has 2 heterocycles. The summed E-state index contributed by atoms with van der Waals surface area (Å²) in [6, 6.07) is 0.